The highest BCUT2D eigenvalue weighted by atomic mass is 15.3. The first-order valence-electron chi connectivity index (χ1n) is 7.46. The molecule has 6 heteroatoms. The molecule has 3 aromatic rings. The van der Waals surface area contributed by atoms with Gasteiger partial charge >= 0.3 is 0 Å². The molecule has 0 aliphatic carbocycles. The van der Waals surface area contributed by atoms with Gasteiger partial charge in [0, 0.05) is 5.69 Å². The number of anilines is 4. The van der Waals surface area contributed by atoms with Crippen molar-refractivity contribution in [2.75, 3.05) is 10.6 Å². The summed E-state index contributed by atoms with van der Waals surface area (Å²) in [4.78, 5) is 4.40. The van der Waals surface area contributed by atoms with E-state index in [1.807, 2.05) is 18.2 Å². The molecule has 3 rings (SSSR count). The number of hydrogen-bond acceptors (Lipinski definition) is 6. The van der Waals surface area contributed by atoms with Crippen LogP contribution in [0.15, 0.2) is 48.7 Å². The number of hydrogen-bond donors (Lipinski definition) is 2. The van der Waals surface area contributed by atoms with E-state index in [1.165, 1.54) is 5.56 Å². The van der Waals surface area contributed by atoms with Crippen LogP contribution in [-0.2, 0) is 0 Å². The van der Waals surface area contributed by atoms with Gasteiger partial charge in [0.15, 0.2) is 5.82 Å². The van der Waals surface area contributed by atoms with E-state index < -0.39 is 0 Å². The minimum absolute atomic E-state index is 0.327. The fraction of sp³-hybridized carbons (Fsp3) is 0.111. The van der Waals surface area contributed by atoms with E-state index in [1.54, 1.807) is 24.4 Å². The Morgan fingerprint density at radius 3 is 2.58 bits per heavy atom. The predicted molar refractivity (Wildman–Crippen MR) is 93.5 cm³/mol. The third kappa shape index (κ3) is 3.31. The molecular weight excluding hydrogens is 300 g/mol. The van der Waals surface area contributed by atoms with Crippen molar-refractivity contribution in [3.8, 4) is 6.07 Å². The maximum Gasteiger partial charge on any atom is 0.249 e. The summed E-state index contributed by atoms with van der Waals surface area (Å²) >= 11 is 0. The van der Waals surface area contributed by atoms with Gasteiger partial charge in [-0.1, -0.05) is 24.3 Å². The molecule has 0 saturated carbocycles. The van der Waals surface area contributed by atoms with Crippen LogP contribution in [0.3, 0.4) is 0 Å². The minimum atomic E-state index is 0.327. The first kappa shape index (κ1) is 15.4. The van der Waals surface area contributed by atoms with Gasteiger partial charge in [-0.2, -0.15) is 15.3 Å². The van der Waals surface area contributed by atoms with Crippen LogP contribution in [0, 0.1) is 25.2 Å². The highest BCUT2D eigenvalue weighted by Crippen LogP contribution is 2.22. The fourth-order valence-corrected chi connectivity index (χ4v) is 2.25. The van der Waals surface area contributed by atoms with Crippen LogP contribution in [0.4, 0.5) is 23.1 Å². The van der Waals surface area contributed by atoms with Gasteiger partial charge in [0.05, 0.1) is 17.4 Å². The maximum absolute atomic E-state index is 9.14. The molecule has 0 radical (unpaired) electrons. The van der Waals surface area contributed by atoms with E-state index in [9.17, 15) is 0 Å². The number of aryl methyl sites for hydroxylation is 1. The SMILES string of the molecule is Cc1cccc(Nc2cnnc(Nc3ccccc3C#N)n2)c1C. The van der Waals surface area contributed by atoms with Crippen LogP contribution < -0.4 is 10.6 Å². The van der Waals surface area contributed by atoms with Crippen LogP contribution in [0.2, 0.25) is 0 Å². The normalized spacial score (nSPS) is 10.0. The minimum Gasteiger partial charge on any atom is -0.339 e. The van der Waals surface area contributed by atoms with Gasteiger partial charge < -0.3 is 10.6 Å². The highest BCUT2D eigenvalue weighted by molar-refractivity contribution is 5.65. The number of rotatable bonds is 4. The second-order valence-corrected chi connectivity index (χ2v) is 5.32. The number of benzene rings is 2. The van der Waals surface area contributed by atoms with Crippen molar-refractivity contribution in [3.05, 3.63) is 65.4 Å². The number of nitrogens with zero attached hydrogens (tertiary/aromatic N) is 4. The van der Waals surface area contributed by atoms with Gasteiger partial charge in [-0.3, -0.25) is 0 Å². The third-order valence-electron chi connectivity index (χ3n) is 3.72. The lowest BCUT2D eigenvalue weighted by Gasteiger charge is -2.11. The quantitative estimate of drug-likeness (QED) is 0.760. The zero-order valence-corrected chi connectivity index (χ0v) is 13.4. The van der Waals surface area contributed by atoms with Crippen molar-refractivity contribution in [1.82, 2.24) is 15.2 Å². The molecule has 1 heterocycles. The van der Waals surface area contributed by atoms with Crippen LogP contribution in [0.25, 0.3) is 0 Å². The second kappa shape index (κ2) is 6.75. The Morgan fingerprint density at radius 2 is 1.75 bits per heavy atom. The Morgan fingerprint density at radius 1 is 0.958 bits per heavy atom. The maximum atomic E-state index is 9.14. The Labute approximate surface area is 140 Å². The van der Waals surface area contributed by atoms with Crippen molar-refractivity contribution >= 4 is 23.1 Å². The van der Waals surface area contributed by atoms with Gasteiger partial charge in [-0.05, 0) is 43.2 Å². The average molecular weight is 316 g/mol. The zero-order chi connectivity index (χ0) is 16.9. The number of nitriles is 1. The summed E-state index contributed by atoms with van der Waals surface area (Å²) in [5.41, 5.74) is 4.49. The topological polar surface area (TPSA) is 86.5 Å². The number of para-hydroxylation sites is 1. The molecule has 0 amide bonds. The third-order valence-corrected chi connectivity index (χ3v) is 3.72. The molecule has 6 nitrogen and oxygen atoms in total. The molecule has 0 aliphatic rings. The Balaban J connectivity index is 1.84. The number of aromatic nitrogens is 3. The molecule has 24 heavy (non-hydrogen) atoms. The van der Waals surface area contributed by atoms with Crippen molar-refractivity contribution in [2.24, 2.45) is 0 Å². The first-order chi connectivity index (χ1) is 11.7. The predicted octanol–water partition coefficient (Wildman–Crippen LogP) is 3.85. The molecule has 0 spiro atoms. The Hall–Kier alpha value is -3.46. The van der Waals surface area contributed by atoms with E-state index in [4.69, 9.17) is 5.26 Å². The van der Waals surface area contributed by atoms with Crippen LogP contribution in [-0.4, -0.2) is 15.2 Å². The van der Waals surface area contributed by atoms with E-state index in [0.717, 1.165) is 11.3 Å². The fourth-order valence-electron chi connectivity index (χ4n) is 2.25. The second-order valence-electron chi connectivity index (χ2n) is 5.32. The molecule has 0 saturated heterocycles. The molecule has 2 N–H and O–H groups in total. The number of nitrogens with one attached hydrogen (secondary N) is 2. The lowest BCUT2D eigenvalue weighted by atomic mass is 10.1. The summed E-state index contributed by atoms with van der Waals surface area (Å²) in [6.07, 6.45) is 1.56. The van der Waals surface area contributed by atoms with Crippen LogP contribution in [0.1, 0.15) is 16.7 Å². The first-order valence-corrected chi connectivity index (χ1v) is 7.46. The molecule has 1 aromatic heterocycles. The largest absolute Gasteiger partial charge is 0.339 e. The molecule has 0 aliphatic heterocycles. The summed E-state index contributed by atoms with van der Waals surface area (Å²) in [6.45, 7) is 4.11. The van der Waals surface area contributed by atoms with Gasteiger partial charge in [-0.15, -0.1) is 5.10 Å². The Bertz CT molecular complexity index is 913. The summed E-state index contributed by atoms with van der Waals surface area (Å²) in [5.74, 6) is 0.906. The smallest absolute Gasteiger partial charge is 0.249 e. The molecule has 0 atom stereocenters. The van der Waals surface area contributed by atoms with Crippen molar-refractivity contribution < 1.29 is 0 Å². The summed E-state index contributed by atoms with van der Waals surface area (Å²) < 4.78 is 0. The van der Waals surface area contributed by atoms with Crippen molar-refractivity contribution in [3.63, 3.8) is 0 Å². The van der Waals surface area contributed by atoms with Gasteiger partial charge in [0.1, 0.15) is 6.07 Å². The summed E-state index contributed by atoms with van der Waals surface area (Å²) in [6, 6.07) is 15.3. The van der Waals surface area contributed by atoms with Gasteiger partial charge in [-0.25, -0.2) is 0 Å². The lowest BCUT2D eigenvalue weighted by Crippen LogP contribution is -2.04. The standard InChI is InChI=1S/C18H16N6/c1-12-6-5-9-15(13(12)2)21-17-11-20-24-18(23-17)22-16-8-4-3-7-14(16)10-19/h3-9,11H,1-2H3,(H2,21,22,23,24). The van der Waals surface area contributed by atoms with Gasteiger partial charge in [0.2, 0.25) is 5.95 Å². The Kier molecular flexibility index (Phi) is 4.34. The summed E-state index contributed by atoms with van der Waals surface area (Å²) in [7, 11) is 0. The molecule has 118 valence electrons. The van der Waals surface area contributed by atoms with Crippen LogP contribution in [0.5, 0.6) is 0 Å². The van der Waals surface area contributed by atoms with E-state index in [2.05, 4.69) is 51.8 Å². The van der Waals surface area contributed by atoms with E-state index in [0.29, 0.717) is 23.0 Å². The van der Waals surface area contributed by atoms with Crippen molar-refractivity contribution in [1.29, 1.82) is 5.26 Å². The van der Waals surface area contributed by atoms with Gasteiger partial charge in [0.25, 0.3) is 0 Å². The molecular formula is C18H16N6. The monoisotopic (exact) mass is 316 g/mol. The molecule has 0 fully saturated rings. The zero-order valence-electron chi connectivity index (χ0n) is 13.4. The average Bonchev–Trinajstić information content (AvgIpc) is 2.60. The molecule has 2 aromatic carbocycles. The lowest BCUT2D eigenvalue weighted by molar-refractivity contribution is 0.982. The summed E-state index contributed by atoms with van der Waals surface area (Å²) in [5, 5.41) is 23.4. The van der Waals surface area contributed by atoms with E-state index in [-0.39, 0.29) is 0 Å². The molecule has 0 bridgehead atoms. The molecule has 0 unspecified atom stereocenters. The highest BCUT2D eigenvalue weighted by Gasteiger charge is 2.06. The van der Waals surface area contributed by atoms with Crippen molar-refractivity contribution in [2.45, 2.75) is 13.8 Å². The van der Waals surface area contributed by atoms with E-state index >= 15 is 0 Å². The van der Waals surface area contributed by atoms with Crippen LogP contribution >= 0.6 is 0 Å².